The summed E-state index contributed by atoms with van der Waals surface area (Å²) in [4.78, 5) is 1.37. The van der Waals surface area contributed by atoms with Crippen molar-refractivity contribution in [3.05, 3.63) is 64.9 Å². The molecule has 4 rings (SSSR count). The van der Waals surface area contributed by atoms with E-state index in [1.165, 1.54) is 16.1 Å². The fourth-order valence-electron chi connectivity index (χ4n) is 3.76. The molecule has 1 saturated heterocycles. The number of rotatable bonds is 3. The molecule has 3 heterocycles. The second-order valence-electron chi connectivity index (χ2n) is 5.46. The SMILES string of the molecule is C=C[C@@H](c1cccs1)[C@@]12CCO[C@@H]1Nc1ccccc12. The number of fused-ring (bicyclic) bond motifs is 3. The summed E-state index contributed by atoms with van der Waals surface area (Å²) in [6.07, 6.45) is 3.19. The molecule has 1 N–H and O–H groups in total. The molecule has 0 aliphatic carbocycles. The van der Waals surface area contributed by atoms with E-state index in [2.05, 4.69) is 59.8 Å². The van der Waals surface area contributed by atoms with Crippen molar-refractivity contribution in [2.24, 2.45) is 0 Å². The highest BCUT2D eigenvalue weighted by Gasteiger charge is 2.55. The Hall–Kier alpha value is -1.58. The van der Waals surface area contributed by atoms with Gasteiger partial charge in [0.05, 0.1) is 12.0 Å². The minimum atomic E-state index is -0.0107. The van der Waals surface area contributed by atoms with Crippen LogP contribution < -0.4 is 5.32 Å². The average Bonchev–Trinajstić information content (AvgIpc) is 3.15. The molecule has 2 aliphatic heterocycles. The number of allylic oxidation sites excluding steroid dienone is 1. The van der Waals surface area contributed by atoms with E-state index in [1.54, 1.807) is 11.3 Å². The molecular formula is C17H17NOS. The fraction of sp³-hybridized carbons (Fsp3) is 0.294. The third-order valence-corrected chi connectivity index (χ3v) is 5.58. The normalized spacial score (nSPS) is 28.5. The molecule has 2 aliphatic rings. The number of thiophene rings is 1. The first-order valence-electron chi connectivity index (χ1n) is 7.00. The lowest BCUT2D eigenvalue weighted by atomic mass is 9.69. The first-order valence-corrected chi connectivity index (χ1v) is 7.88. The van der Waals surface area contributed by atoms with Gasteiger partial charge in [0.1, 0.15) is 6.23 Å². The molecule has 1 aromatic carbocycles. The monoisotopic (exact) mass is 283 g/mol. The van der Waals surface area contributed by atoms with E-state index in [0.29, 0.717) is 5.92 Å². The van der Waals surface area contributed by atoms with Crippen LogP contribution in [0, 0.1) is 0 Å². The molecule has 1 aromatic heterocycles. The van der Waals surface area contributed by atoms with Crippen LogP contribution in [0.1, 0.15) is 22.8 Å². The lowest BCUT2D eigenvalue weighted by Gasteiger charge is -2.34. The van der Waals surface area contributed by atoms with E-state index in [9.17, 15) is 0 Å². The zero-order chi connectivity index (χ0) is 13.6. The van der Waals surface area contributed by atoms with Crippen LogP contribution in [-0.4, -0.2) is 12.8 Å². The summed E-state index contributed by atoms with van der Waals surface area (Å²) in [5.41, 5.74) is 2.57. The zero-order valence-corrected chi connectivity index (χ0v) is 12.0. The topological polar surface area (TPSA) is 21.3 Å². The predicted molar refractivity (Wildman–Crippen MR) is 83.4 cm³/mol. The lowest BCUT2D eigenvalue weighted by molar-refractivity contribution is 0.104. The van der Waals surface area contributed by atoms with Crippen molar-refractivity contribution >= 4 is 17.0 Å². The van der Waals surface area contributed by atoms with E-state index in [4.69, 9.17) is 4.74 Å². The van der Waals surface area contributed by atoms with Crippen LogP contribution in [0.2, 0.25) is 0 Å². The Labute approximate surface area is 123 Å². The maximum atomic E-state index is 5.99. The summed E-state index contributed by atoms with van der Waals surface area (Å²) in [6.45, 7) is 4.92. The number of nitrogens with one attached hydrogen (secondary N) is 1. The summed E-state index contributed by atoms with van der Waals surface area (Å²) in [5, 5.41) is 5.69. The summed E-state index contributed by atoms with van der Waals surface area (Å²) in [7, 11) is 0. The van der Waals surface area contributed by atoms with Crippen molar-refractivity contribution in [1.29, 1.82) is 0 Å². The lowest BCUT2D eigenvalue weighted by Crippen LogP contribution is -2.39. The van der Waals surface area contributed by atoms with Crippen LogP contribution in [0.3, 0.4) is 0 Å². The van der Waals surface area contributed by atoms with Gasteiger partial charge in [0.15, 0.2) is 0 Å². The van der Waals surface area contributed by atoms with Crippen LogP contribution in [0.5, 0.6) is 0 Å². The maximum absolute atomic E-state index is 5.99. The molecule has 0 saturated carbocycles. The Balaban J connectivity index is 1.90. The molecule has 0 radical (unpaired) electrons. The Morgan fingerprint density at radius 3 is 3.05 bits per heavy atom. The smallest absolute Gasteiger partial charge is 0.138 e. The molecule has 2 nitrogen and oxygen atoms in total. The van der Waals surface area contributed by atoms with Crippen molar-refractivity contribution < 1.29 is 4.74 Å². The average molecular weight is 283 g/mol. The van der Waals surface area contributed by atoms with Crippen molar-refractivity contribution in [2.75, 3.05) is 11.9 Å². The Morgan fingerprint density at radius 1 is 1.35 bits per heavy atom. The molecule has 0 spiro atoms. The third kappa shape index (κ3) is 1.48. The largest absolute Gasteiger partial charge is 0.359 e. The number of hydrogen-bond acceptors (Lipinski definition) is 3. The summed E-state index contributed by atoms with van der Waals surface area (Å²) >= 11 is 1.81. The highest BCUT2D eigenvalue weighted by Crippen LogP contribution is 2.56. The van der Waals surface area contributed by atoms with Crippen molar-refractivity contribution in [1.82, 2.24) is 0 Å². The van der Waals surface area contributed by atoms with Gasteiger partial charge in [-0.1, -0.05) is 30.3 Å². The molecular weight excluding hydrogens is 266 g/mol. The van der Waals surface area contributed by atoms with Crippen molar-refractivity contribution in [3.8, 4) is 0 Å². The van der Waals surface area contributed by atoms with Crippen molar-refractivity contribution in [2.45, 2.75) is 24.0 Å². The van der Waals surface area contributed by atoms with E-state index in [-0.39, 0.29) is 11.6 Å². The molecule has 3 atom stereocenters. The summed E-state index contributed by atoms with van der Waals surface area (Å²) in [5.74, 6) is 0.297. The molecule has 20 heavy (non-hydrogen) atoms. The quantitative estimate of drug-likeness (QED) is 0.855. The Morgan fingerprint density at radius 2 is 2.25 bits per heavy atom. The second kappa shape index (κ2) is 4.47. The first kappa shape index (κ1) is 12.2. The molecule has 0 amide bonds. The highest BCUT2D eigenvalue weighted by atomic mass is 32.1. The minimum Gasteiger partial charge on any atom is -0.359 e. The summed E-state index contributed by atoms with van der Waals surface area (Å²) in [6, 6.07) is 12.9. The van der Waals surface area contributed by atoms with Crippen LogP contribution in [0.25, 0.3) is 0 Å². The van der Waals surface area contributed by atoms with E-state index in [1.807, 2.05) is 0 Å². The number of anilines is 1. The van der Waals surface area contributed by atoms with Crippen molar-refractivity contribution in [3.63, 3.8) is 0 Å². The molecule has 3 heteroatoms. The number of para-hydroxylation sites is 1. The van der Waals surface area contributed by atoms with Gasteiger partial charge in [-0.15, -0.1) is 17.9 Å². The van der Waals surface area contributed by atoms with E-state index in [0.717, 1.165) is 13.0 Å². The van der Waals surface area contributed by atoms with Gasteiger partial charge >= 0.3 is 0 Å². The van der Waals surface area contributed by atoms with Gasteiger partial charge in [-0.3, -0.25) is 0 Å². The highest BCUT2D eigenvalue weighted by molar-refractivity contribution is 7.10. The number of hydrogen-bond donors (Lipinski definition) is 1. The Kier molecular flexibility index (Phi) is 2.72. The first-order chi connectivity index (χ1) is 9.86. The van der Waals surface area contributed by atoms with Crippen LogP contribution in [0.15, 0.2) is 54.4 Å². The van der Waals surface area contributed by atoms with Gasteiger partial charge in [0.2, 0.25) is 0 Å². The zero-order valence-electron chi connectivity index (χ0n) is 11.2. The van der Waals surface area contributed by atoms with Crippen LogP contribution in [0.4, 0.5) is 5.69 Å². The Bertz CT molecular complexity index is 636. The van der Waals surface area contributed by atoms with Crippen LogP contribution >= 0.6 is 11.3 Å². The van der Waals surface area contributed by atoms with Gasteiger partial charge < -0.3 is 10.1 Å². The van der Waals surface area contributed by atoms with Gasteiger partial charge in [-0.2, -0.15) is 0 Å². The van der Waals surface area contributed by atoms with Gasteiger partial charge in [-0.05, 0) is 29.5 Å². The van der Waals surface area contributed by atoms with Gasteiger partial charge in [-0.25, -0.2) is 0 Å². The second-order valence-corrected chi connectivity index (χ2v) is 6.44. The molecule has 2 aromatic rings. The van der Waals surface area contributed by atoms with Gasteiger partial charge in [0.25, 0.3) is 0 Å². The maximum Gasteiger partial charge on any atom is 0.138 e. The molecule has 1 fully saturated rings. The van der Waals surface area contributed by atoms with Crippen LogP contribution in [-0.2, 0) is 10.2 Å². The fourth-order valence-corrected chi connectivity index (χ4v) is 4.69. The number of benzene rings is 1. The number of ether oxygens (including phenoxy) is 1. The van der Waals surface area contributed by atoms with E-state index < -0.39 is 0 Å². The molecule has 102 valence electrons. The third-order valence-electron chi connectivity index (χ3n) is 4.62. The minimum absolute atomic E-state index is 0.0107. The van der Waals surface area contributed by atoms with Gasteiger partial charge in [0, 0.05) is 16.5 Å². The summed E-state index contributed by atoms with van der Waals surface area (Å²) < 4.78 is 5.99. The predicted octanol–water partition coefficient (Wildman–Crippen LogP) is 4.13. The molecule has 0 unspecified atom stereocenters. The van der Waals surface area contributed by atoms with E-state index >= 15 is 0 Å². The standard InChI is InChI=1S/C17H17NOS/c1-2-12(15-8-5-11-20-15)17-9-10-19-16(17)18-14-7-4-3-6-13(14)17/h2-8,11-12,16,18H,1,9-10H2/t12-,16-,17+/m0/s1. The molecule has 0 bridgehead atoms.